The van der Waals surface area contributed by atoms with Gasteiger partial charge < -0.3 is 5.73 Å². The van der Waals surface area contributed by atoms with E-state index in [9.17, 15) is 9.18 Å². The van der Waals surface area contributed by atoms with Crippen molar-refractivity contribution in [2.45, 2.75) is 29.3 Å². The van der Waals surface area contributed by atoms with Crippen LogP contribution in [0.3, 0.4) is 0 Å². The smallest absolute Gasteiger partial charge is 0.329 e. The van der Waals surface area contributed by atoms with E-state index in [1.165, 1.54) is 23.9 Å². The fraction of sp³-hybridized carbons (Fsp3) is 0.385. The van der Waals surface area contributed by atoms with Crippen molar-refractivity contribution < 1.29 is 4.39 Å². The highest BCUT2D eigenvalue weighted by Crippen LogP contribution is 2.39. The molecule has 1 heterocycles. The molecule has 3 N–H and O–H groups in total. The second-order valence-electron chi connectivity index (χ2n) is 4.81. The summed E-state index contributed by atoms with van der Waals surface area (Å²) < 4.78 is 14.7. The zero-order valence-electron chi connectivity index (χ0n) is 10.8. The molecule has 0 amide bonds. The van der Waals surface area contributed by atoms with Gasteiger partial charge in [-0.15, -0.1) is 5.10 Å². The molecule has 0 bridgehead atoms. The molecule has 0 aliphatic heterocycles. The maximum absolute atomic E-state index is 13.0. The average Bonchev–Trinajstić information content (AvgIpc) is 3.22. The monoisotopic (exact) mass is 294 g/mol. The highest BCUT2D eigenvalue weighted by Gasteiger charge is 2.29. The first kappa shape index (κ1) is 13.4. The lowest BCUT2D eigenvalue weighted by atomic mass is 10.1. The number of benzene rings is 1. The number of rotatable bonds is 5. The van der Waals surface area contributed by atoms with E-state index in [2.05, 4.69) is 10.2 Å². The molecule has 1 aromatic carbocycles. The molecular weight excluding hydrogens is 279 g/mol. The number of nitrogens with two attached hydrogens (primary N) is 1. The molecule has 0 spiro atoms. The molecule has 0 saturated heterocycles. The summed E-state index contributed by atoms with van der Waals surface area (Å²) in [6.45, 7) is 0.391. The molecule has 1 aliphatic rings. The van der Waals surface area contributed by atoms with Crippen LogP contribution in [0.5, 0.6) is 0 Å². The summed E-state index contributed by atoms with van der Waals surface area (Å²) in [5.41, 5.74) is 6.55. The normalized spacial score (nSPS) is 16.3. The van der Waals surface area contributed by atoms with Crippen LogP contribution >= 0.6 is 11.8 Å². The largest absolute Gasteiger partial charge is 0.344 e. The molecule has 3 rings (SSSR count). The van der Waals surface area contributed by atoms with Gasteiger partial charge in [0, 0.05) is 17.8 Å². The maximum atomic E-state index is 13.0. The number of H-pyrrole nitrogens is 1. The van der Waals surface area contributed by atoms with Crippen LogP contribution in [-0.4, -0.2) is 21.3 Å². The number of nitrogens with one attached hydrogen (secondary N) is 1. The summed E-state index contributed by atoms with van der Waals surface area (Å²) in [4.78, 5) is 11.7. The van der Waals surface area contributed by atoms with Crippen molar-refractivity contribution in [1.29, 1.82) is 0 Å². The molecule has 1 unspecified atom stereocenters. The minimum Gasteiger partial charge on any atom is -0.329 e. The predicted molar refractivity (Wildman–Crippen MR) is 75.2 cm³/mol. The van der Waals surface area contributed by atoms with E-state index in [-0.39, 0.29) is 22.8 Å². The third-order valence-electron chi connectivity index (χ3n) is 3.29. The molecule has 20 heavy (non-hydrogen) atoms. The fourth-order valence-electron chi connectivity index (χ4n) is 2.09. The Morgan fingerprint density at radius 3 is 2.75 bits per heavy atom. The Kier molecular flexibility index (Phi) is 3.62. The lowest BCUT2D eigenvalue weighted by Gasteiger charge is -2.14. The van der Waals surface area contributed by atoms with Crippen molar-refractivity contribution in [1.82, 2.24) is 14.8 Å². The van der Waals surface area contributed by atoms with E-state index in [4.69, 9.17) is 5.73 Å². The van der Waals surface area contributed by atoms with Gasteiger partial charge in [-0.1, -0.05) is 23.9 Å². The van der Waals surface area contributed by atoms with Gasteiger partial charge in [0.2, 0.25) is 0 Å². The first-order chi connectivity index (χ1) is 9.69. The zero-order chi connectivity index (χ0) is 14.1. The van der Waals surface area contributed by atoms with Gasteiger partial charge in [-0.3, -0.25) is 4.57 Å². The Labute approximate surface area is 119 Å². The Balaban J connectivity index is 1.84. The molecule has 7 heteroatoms. The summed E-state index contributed by atoms with van der Waals surface area (Å²) in [6.07, 6.45) is 2.02. The quantitative estimate of drug-likeness (QED) is 0.825. The second-order valence-corrected chi connectivity index (χ2v) is 5.98. The van der Waals surface area contributed by atoms with Gasteiger partial charge in [-0.05, 0) is 30.5 Å². The zero-order valence-corrected chi connectivity index (χ0v) is 11.6. The summed E-state index contributed by atoms with van der Waals surface area (Å²) in [5.74, 6) is -0.274. The molecule has 2 aromatic rings. The van der Waals surface area contributed by atoms with Crippen molar-refractivity contribution in [3.63, 3.8) is 0 Å². The second kappa shape index (κ2) is 5.41. The van der Waals surface area contributed by atoms with Gasteiger partial charge >= 0.3 is 5.69 Å². The van der Waals surface area contributed by atoms with Crippen LogP contribution in [-0.2, 0) is 0 Å². The molecule has 1 saturated carbocycles. The molecule has 1 aromatic heterocycles. The highest BCUT2D eigenvalue weighted by atomic mass is 32.2. The average molecular weight is 294 g/mol. The summed E-state index contributed by atoms with van der Waals surface area (Å²) >= 11 is 1.44. The molecule has 5 nitrogen and oxygen atoms in total. The minimum absolute atomic E-state index is 0.0525. The van der Waals surface area contributed by atoms with E-state index < -0.39 is 0 Å². The number of thioether (sulfide) groups is 1. The summed E-state index contributed by atoms with van der Waals surface area (Å²) in [5, 5.41) is 7.15. The molecule has 1 aliphatic carbocycles. The van der Waals surface area contributed by atoms with Crippen molar-refractivity contribution in [2.24, 2.45) is 5.73 Å². The lowest BCUT2D eigenvalue weighted by Crippen LogP contribution is -2.17. The SMILES string of the molecule is NCC(Sc1n[nH]c(=O)n1C1CC1)c1ccc(F)cc1. The number of nitrogens with zero attached hydrogens (tertiary/aromatic N) is 2. The van der Waals surface area contributed by atoms with Crippen molar-refractivity contribution >= 4 is 11.8 Å². The van der Waals surface area contributed by atoms with Crippen molar-refractivity contribution in [3.8, 4) is 0 Å². The Hall–Kier alpha value is -1.60. The maximum Gasteiger partial charge on any atom is 0.344 e. The third kappa shape index (κ3) is 2.64. The van der Waals surface area contributed by atoms with Crippen LogP contribution in [0.15, 0.2) is 34.2 Å². The summed E-state index contributed by atoms with van der Waals surface area (Å²) in [7, 11) is 0. The van der Waals surface area contributed by atoms with E-state index in [1.54, 1.807) is 16.7 Å². The third-order valence-corrected chi connectivity index (χ3v) is 4.54. The van der Waals surface area contributed by atoms with Crippen molar-refractivity contribution in [2.75, 3.05) is 6.54 Å². The van der Waals surface area contributed by atoms with Gasteiger partial charge in [-0.2, -0.15) is 0 Å². The fourth-order valence-corrected chi connectivity index (χ4v) is 3.17. The van der Waals surface area contributed by atoms with Crippen LogP contribution in [0.25, 0.3) is 0 Å². The molecule has 1 atom stereocenters. The highest BCUT2D eigenvalue weighted by molar-refractivity contribution is 7.99. The van der Waals surface area contributed by atoms with Gasteiger partial charge in [-0.25, -0.2) is 14.3 Å². The number of aromatic nitrogens is 3. The topological polar surface area (TPSA) is 76.7 Å². The Morgan fingerprint density at radius 2 is 2.15 bits per heavy atom. The number of aromatic amines is 1. The summed E-state index contributed by atoms with van der Waals surface area (Å²) in [6, 6.07) is 6.52. The minimum atomic E-state index is -0.274. The Bertz CT molecular complexity index is 647. The van der Waals surface area contributed by atoms with Gasteiger partial charge in [0.1, 0.15) is 5.82 Å². The van der Waals surface area contributed by atoms with Gasteiger partial charge in [0.15, 0.2) is 5.16 Å². The van der Waals surface area contributed by atoms with Crippen LogP contribution < -0.4 is 11.4 Å². The standard InChI is InChI=1S/C13H15FN4OS/c14-9-3-1-8(2-4-9)11(7-15)20-13-17-16-12(19)18(13)10-5-6-10/h1-4,10-11H,5-7,15H2,(H,16,19). The number of halogens is 1. The van der Waals surface area contributed by atoms with Gasteiger partial charge in [0.25, 0.3) is 0 Å². The first-order valence-electron chi connectivity index (χ1n) is 6.48. The number of hydrogen-bond acceptors (Lipinski definition) is 4. The number of hydrogen-bond donors (Lipinski definition) is 2. The van der Waals surface area contributed by atoms with E-state index in [1.807, 2.05) is 0 Å². The first-order valence-corrected chi connectivity index (χ1v) is 7.36. The Morgan fingerprint density at radius 1 is 1.45 bits per heavy atom. The van der Waals surface area contributed by atoms with Crippen molar-refractivity contribution in [3.05, 3.63) is 46.1 Å². The lowest BCUT2D eigenvalue weighted by molar-refractivity contribution is 0.626. The van der Waals surface area contributed by atoms with Crippen LogP contribution in [0.4, 0.5) is 4.39 Å². The van der Waals surface area contributed by atoms with Crippen LogP contribution in [0.1, 0.15) is 29.7 Å². The molecule has 106 valence electrons. The van der Waals surface area contributed by atoms with E-state index in [0.717, 1.165) is 18.4 Å². The molecular formula is C13H15FN4OS. The van der Waals surface area contributed by atoms with Crippen LogP contribution in [0.2, 0.25) is 0 Å². The molecule has 0 radical (unpaired) electrons. The van der Waals surface area contributed by atoms with E-state index >= 15 is 0 Å². The van der Waals surface area contributed by atoms with Crippen LogP contribution in [0, 0.1) is 5.82 Å². The van der Waals surface area contributed by atoms with Gasteiger partial charge in [0.05, 0.1) is 0 Å². The van der Waals surface area contributed by atoms with E-state index in [0.29, 0.717) is 11.7 Å². The predicted octanol–water partition coefficient (Wildman–Crippen LogP) is 1.84. The molecule has 1 fully saturated rings.